The quantitative estimate of drug-likeness (QED) is 0.620. The number of hydrogen-bond donors (Lipinski definition) is 4. The lowest BCUT2D eigenvalue weighted by molar-refractivity contribution is -0.118. The third kappa shape index (κ3) is 4.54. The summed E-state index contributed by atoms with van der Waals surface area (Å²) < 4.78 is 0. The molecule has 6 heteroatoms. The first-order chi connectivity index (χ1) is 10.1. The number of amides is 2. The average molecular weight is 290 g/mol. The molecule has 1 aromatic carbocycles. The molecule has 1 fully saturated rings. The molecular formula is C15H22N4O2. The number of hydrazine groups is 1. The van der Waals surface area contributed by atoms with Gasteiger partial charge < -0.3 is 11.1 Å². The van der Waals surface area contributed by atoms with Crippen molar-refractivity contribution in [2.75, 3.05) is 5.32 Å². The molecule has 2 amide bonds. The maximum atomic E-state index is 12.1. The van der Waals surface area contributed by atoms with Crippen LogP contribution in [0.2, 0.25) is 0 Å². The van der Waals surface area contributed by atoms with Crippen LogP contribution in [0.5, 0.6) is 0 Å². The highest BCUT2D eigenvalue weighted by Gasteiger charge is 2.28. The van der Waals surface area contributed by atoms with E-state index in [9.17, 15) is 9.59 Å². The molecule has 1 saturated heterocycles. The first-order valence-electron chi connectivity index (χ1n) is 7.27. The van der Waals surface area contributed by atoms with E-state index >= 15 is 0 Å². The monoisotopic (exact) mass is 290 g/mol. The fraction of sp³-hybridized carbons (Fsp3) is 0.467. The molecule has 1 heterocycles. The number of primary amides is 1. The lowest BCUT2D eigenvalue weighted by Crippen LogP contribution is -2.40. The van der Waals surface area contributed by atoms with Crippen molar-refractivity contribution in [1.82, 2.24) is 10.9 Å². The van der Waals surface area contributed by atoms with Gasteiger partial charge >= 0.3 is 0 Å². The summed E-state index contributed by atoms with van der Waals surface area (Å²) in [7, 11) is 0. The van der Waals surface area contributed by atoms with Crippen LogP contribution < -0.4 is 21.9 Å². The van der Waals surface area contributed by atoms with Crippen LogP contribution in [0, 0.1) is 0 Å². The summed E-state index contributed by atoms with van der Waals surface area (Å²) in [5.41, 5.74) is 12.9. The minimum Gasteiger partial charge on any atom is -0.369 e. The fourth-order valence-corrected chi connectivity index (χ4v) is 2.47. The summed E-state index contributed by atoms with van der Waals surface area (Å²) in [6, 6.07) is 7.28. The normalized spacial score (nSPS) is 21.2. The largest absolute Gasteiger partial charge is 0.369 e. The minimum absolute atomic E-state index is 0.0521. The molecule has 2 unspecified atom stereocenters. The summed E-state index contributed by atoms with van der Waals surface area (Å²) in [5.74, 6) is -0.418. The highest BCUT2D eigenvalue weighted by Crippen LogP contribution is 2.14. The van der Waals surface area contributed by atoms with Gasteiger partial charge in [-0.2, -0.15) is 0 Å². The van der Waals surface area contributed by atoms with E-state index in [1.54, 1.807) is 24.3 Å². The van der Waals surface area contributed by atoms with Gasteiger partial charge in [0, 0.05) is 11.7 Å². The van der Waals surface area contributed by atoms with Crippen molar-refractivity contribution >= 4 is 17.5 Å². The van der Waals surface area contributed by atoms with Crippen LogP contribution in [0.3, 0.4) is 0 Å². The van der Waals surface area contributed by atoms with E-state index in [0.717, 1.165) is 24.8 Å². The fourth-order valence-electron chi connectivity index (χ4n) is 2.47. The number of anilines is 1. The second kappa shape index (κ2) is 7.19. The summed E-state index contributed by atoms with van der Waals surface area (Å²) in [6.07, 6.45) is 3.15. The van der Waals surface area contributed by atoms with Gasteiger partial charge in [-0.05, 0) is 30.5 Å². The number of carbonyl (C=O) groups excluding carboxylic acids is 2. The van der Waals surface area contributed by atoms with Gasteiger partial charge in [0.15, 0.2) is 0 Å². The van der Waals surface area contributed by atoms with Crippen LogP contribution in [0.15, 0.2) is 24.3 Å². The Morgan fingerprint density at radius 3 is 2.62 bits per heavy atom. The molecule has 21 heavy (non-hydrogen) atoms. The number of rotatable bonds is 6. The van der Waals surface area contributed by atoms with Crippen LogP contribution in [-0.4, -0.2) is 23.9 Å². The van der Waals surface area contributed by atoms with E-state index in [2.05, 4.69) is 23.1 Å². The van der Waals surface area contributed by atoms with Crippen molar-refractivity contribution in [2.24, 2.45) is 5.73 Å². The Bertz CT molecular complexity index is 501. The molecule has 0 aliphatic carbocycles. The topological polar surface area (TPSA) is 96.2 Å². The molecule has 1 aromatic rings. The third-order valence-corrected chi connectivity index (χ3v) is 3.54. The lowest BCUT2D eigenvalue weighted by atomic mass is 10.1. The molecule has 0 saturated carbocycles. The molecule has 1 aliphatic heterocycles. The Labute approximate surface area is 124 Å². The predicted octanol–water partition coefficient (Wildman–Crippen LogP) is 0.688. The standard InChI is InChI=1S/C15H22N4O2/c1-2-3-12-9-13(19-18-12)15(21)17-11-6-4-10(5-7-11)8-14(16)20/h4-7,12-13,18-19H,2-3,8-9H2,1H3,(H2,16,20)(H,17,21). The molecule has 114 valence electrons. The van der Waals surface area contributed by atoms with Gasteiger partial charge in [-0.1, -0.05) is 25.5 Å². The minimum atomic E-state index is -0.366. The highest BCUT2D eigenvalue weighted by molar-refractivity contribution is 5.95. The van der Waals surface area contributed by atoms with Gasteiger partial charge in [0.25, 0.3) is 0 Å². The average Bonchev–Trinajstić information content (AvgIpc) is 2.89. The molecule has 2 atom stereocenters. The molecule has 5 N–H and O–H groups in total. The Hall–Kier alpha value is -1.92. The number of benzene rings is 1. The summed E-state index contributed by atoms with van der Waals surface area (Å²) >= 11 is 0. The van der Waals surface area contributed by atoms with Crippen LogP contribution >= 0.6 is 0 Å². The molecule has 2 rings (SSSR count). The summed E-state index contributed by atoms with van der Waals surface area (Å²) in [6.45, 7) is 2.13. The number of nitrogens with two attached hydrogens (primary N) is 1. The zero-order valence-corrected chi connectivity index (χ0v) is 12.2. The molecule has 1 aliphatic rings. The van der Waals surface area contributed by atoms with Crippen LogP contribution in [-0.2, 0) is 16.0 Å². The SMILES string of the molecule is CCCC1CC(C(=O)Nc2ccc(CC(N)=O)cc2)NN1. The van der Waals surface area contributed by atoms with Gasteiger partial charge in [0.2, 0.25) is 11.8 Å². The van der Waals surface area contributed by atoms with Crippen LogP contribution in [0.1, 0.15) is 31.7 Å². The van der Waals surface area contributed by atoms with Gasteiger partial charge in [-0.25, -0.2) is 5.43 Å². The maximum Gasteiger partial charge on any atom is 0.242 e. The van der Waals surface area contributed by atoms with E-state index in [-0.39, 0.29) is 24.3 Å². The van der Waals surface area contributed by atoms with Gasteiger partial charge in [0.05, 0.1) is 6.42 Å². The second-order valence-electron chi connectivity index (χ2n) is 5.39. The smallest absolute Gasteiger partial charge is 0.242 e. The van der Waals surface area contributed by atoms with E-state index in [4.69, 9.17) is 5.73 Å². The first-order valence-corrected chi connectivity index (χ1v) is 7.27. The summed E-state index contributed by atoms with van der Waals surface area (Å²) in [4.78, 5) is 23.0. The Morgan fingerprint density at radius 1 is 1.29 bits per heavy atom. The summed E-state index contributed by atoms with van der Waals surface area (Å²) in [5, 5.41) is 2.87. The van der Waals surface area contributed by atoms with Gasteiger partial charge in [-0.15, -0.1) is 0 Å². The number of nitrogens with one attached hydrogen (secondary N) is 3. The zero-order chi connectivity index (χ0) is 15.2. The molecule has 6 nitrogen and oxygen atoms in total. The number of hydrogen-bond acceptors (Lipinski definition) is 4. The zero-order valence-electron chi connectivity index (χ0n) is 12.2. The van der Waals surface area contributed by atoms with Crippen molar-refractivity contribution in [3.63, 3.8) is 0 Å². The van der Waals surface area contributed by atoms with Crippen molar-refractivity contribution in [2.45, 2.75) is 44.7 Å². The Balaban J connectivity index is 1.86. The molecule has 0 bridgehead atoms. The van der Waals surface area contributed by atoms with E-state index in [1.807, 2.05) is 0 Å². The van der Waals surface area contributed by atoms with E-state index < -0.39 is 0 Å². The van der Waals surface area contributed by atoms with Crippen LogP contribution in [0.25, 0.3) is 0 Å². The molecule has 0 spiro atoms. The van der Waals surface area contributed by atoms with Crippen LogP contribution in [0.4, 0.5) is 5.69 Å². The third-order valence-electron chi connectivity index (χ3n) is 3.54. The van der Waals surface area contributed by atoms with Crippen molar-refractivity contribution in [3.8, 4) is 0 Å². The molecular weight excluding hydrogens is 268 g/mol. The van der Waals surface area contributed by atoms with Crippen molar-refractivity contribution in [3.05, 3.63) is 29.8 Å². The predicted molar refractivity (Wildman–Crippen MR) is 81.3 cm³/mol. The van der Waals surface area contributed by atoms with E-state index in [0.29, 0.717) is 11.7 Å². The first kappa shape index (κ1) is 15.5. The molecule has 0 aromatic heterocycles. The van der Waals surface area contributed by atoms with Crippen molar-refractivity contribution < 1.29 is 9.59 Å². The van der Waals surface area contributed by atoms with Gasteiger partial charge in [0.1, 0.15) is 6.04 Å². The van der Waals surface area contributed by atoms with E-state index in [1.165, 1.54) is 0 Å². The van der Waals surface area contributed by atoms with Crippen molar-refractivity contribution in [1.29, 1.82) is 0 Å². The molecule has 0 radical (unpaired) electrons. The second-order valence-corrected chi connectivity index (χ2v) is 5.39. The Kier molecular flexibility index (Phi) is 5.30. The highest BCUT2D eigenvalue weighted by atomic mass is 16.2. The number of carbonyl (C=O) groups is 2. The Morgan fingerprint density at radius 2 is 2.00 bits per heavy atom. The van der Waals surface area contributed by atoms with Gasteiger partial charge in [-0.3, -0.25) is 15.0 Å². The maximum absolute atomic E-state index is 12.1. The lowest BCUT2D eigenvalue weighted by Gasteiger charge is -2.11.